The summed E-state index contributed by atoms with van der Waals surface area (Å²) in [5.74, 6) is 0. The predicted molar refractivity (Wildman–Crippen MR) is 86.0 cm³/mol. The van der Waals surface area contributed by atoms with Gasteiger partial charge in [0.05, 0.1) is 0 Å². The quantitative estimate of drug-likeness (QED) is 0.414. The SMILES string of the molecule is c1ccc2ccc(-c3cccc4ccccc34)c-2cc1. The first kappa shape index (κ1) is 11.2. The van der Waals surface area contributed by atoms with Crippen molar-refractivity contribution in [3.63, 3.8) is 0 Å². The van der Waals surface area contributed by atoms with Gasteiger partial charge >= 0.3 is 0 Å². The molecule has 0 fully saturated rings. The lowest BCUT2D eigenvalue weighted by atomic mass is 9.97. The summed E-state index contributed by atoms with van der Waals surface area (Å²) >= 11 is 0. The molecule has 94 valence electrons. The molecule has 0 saturated heterocycles. The van der Waals surface area contributed by atoms with Gasteiger partial charge in [-0.3, -0.25) is 0 Å². The second kappa shape index (κ2) is 4.50. The summed E-state index contributed by atoms with van der Waals surface area (Å²) in [5, 5.41) is 2.61. The zero-order valence-electron chi connectivity index (χ0n) is 11.1. The van der Waals surface area contributed by atoms with Crippen molar-refractivity contribution in [3.8, 4) is 22.3 Å². The van der Waals surface area contributed by atoms with Crippen LogP contribution in [0.25, 0.3) is 33.0 Å². The Hall–Kier alpha value is -2.60. The van der Waals surface area contributed by atoms with Crippen LogP contribution in [0.2, 0.25) is 0 Å². The van der Waals surface area contributed by atoms with E-state index in [4.69, 9.17) is 0 Å². The minimum atomic E-state index is 1.29. The van der Waals surface area contributed by atoms with E-state index >= 15 is 0 Å². The molecule has 20 heavy (non-hydrogen) atoms. The second-order valence-electron chi connectivity index (χ2n) is 5.05. The van der Waals surface area contributed by atoms with E-state index in [1.807, 2.05) is 0 Å². The van der Waals surface area contributed by atoms with E-state index < -0.39 is 0 Å². The highest BCUT2D eigenvalue weighted by Crippen LogP contribution is 2.38. The molecule has 0 bridgehead atoms. The molecule has 2 aromatic rings. The summed E-state index contributed by atoms with van der Waals surface area (Å²) in [7, 11) is 0. The van der Waals surface area contributed by atoms with Crippen LogP contribution < -0.4 is 0 Å². The van der Waals surface area contributed by atoms with Crippen LogP contribution in [0.15, 0.2) is 84.9 Å². The topological polar surface area (TPSA) is 0 Å². The molecule has 0 unspecified atom stereocenters. The molecule has 0 spiro atoms. The fraction of sp³-hybridized carbons (Fsp3) is 0. The van der Waals surface area contributed by atoms with E-state index in [0.29, 0.717) is 0 Å². The maximum atomic E-state index is 2.23. The van der Waals surface area contributed by atoms with Gasteiger partial charge in [-0.05, 0) is 33.0 Å². The highest BCUT2D eigenvalue weighted by atomic mass is 14.1. The zero-order chi connectivity index (χ0) is 13.4. The predicted octanol–water partition coefficient (Wildman–Crippen LogP) is 5.61. The fourth-order valence-electron chi connectivity index (χ4n) is 2.91. The number of rotatable bonds is 1. The Balaban J connectivity index is 2.04. The summed E-state index contributed by atoms with van der Waals surface area (Å²) in [5.41, 5.74) is 5.22. The molecule has 2 aromatic carbocycles. The molecule has 0 amide bonds. The van der Waals surface area contributed by atoms with Crippen LogP contribution in [-0.4, -0.2) is 0 Å². The standard InChI is InChI=1S/C20H14/c1-2-7-16-13-14-20(18(16)10-3-1)19-12-6-9-15-8-4-5-11-17(15)19/h1-14H. The monoisotopic (exact) mass is 254 g/mol. The van der Waals surface area contributed by atoms with Crippen molar-refractivity contribution in [3.05, 3.63) is 84.9 Å². The first-order valence-electron chi connectivity index (χ1n) is 6.89. The van der Waals surface area contributed by atoms with Crippen LogP contribution in [0.1, 0.15) is 0 Å². The van der Waals surface area contributed by atoms with Gasteiger partial charge in [-0.25, -0.2) is 0 Å². The van der Waals surface area contributed by atoms with Gasteiger partial charge in [0.2, 0.25) is 0 Å². The largest absolute Gasteiger partial charge is 0.0622 e. The second-order valence-corrected chi connectivity index (χ2v) is 5.05. The Bertz CT molecular complexity index is 853. The molecule has 2 aliphatic carbocycles. The summed E-state index contributed by atoms with van der Waals surface area (Å²) in [6.45, 7) is 0. The van der Waals surface area contributed by atoms with Crippen molar-refractivity contribution in [1.82, 2.24) is 0 Å². The zero-order valence-corrected chi connectivity index (χ0v) is 11.1. The first-order chi connectivity index (χ1) is 9.93. The van der Waals surface area contributed by atoms with Crippen molar-refractivity contribution >= 4 is 10.8 Å². The smallest absolute Gasteiger partial charge is 0.00990 e. The van der Waals surface area contributed by atoms with Crippen molar-refractivity contribution in [2.24, 2.45) is 0 Å². The summed E-state index contributed by atoms with van der Waals surface area (Å²) in [4.78, 5) is 0. The van der Waals surface area contributed by atoms with Gasteiger partial charge < -0.3 is 0 Å². The maximum Gasteiger partial charge on any atom is -0.00990 e. The Morgan fingerprint density at radius 2 is 1.15 bits per heavy atom. The average molecular weight is 254 g/mol. The molecule has 0 radical (unpaired) electrons. The molecule has 0 aliphatic heterocycles. The lowest BCUT2D eigenvalue weighted by molar-refractivity contribution is 1.71. The van der Waals surface area contributed by atoms with Crippen molar-refractivity contribution in [2.75, 3.05) is 0 Å². The molecule has 0 saturated carbocycles. The van der Waals surface area contributed by atoms with E-state index in [-0.39, 0.29) is 0 Å². The van der Waals surface area contributed by atoms with Crippen LogP contribution in [-0.2, 0) is 0 Å². The molecule has 0 heterocycles. The first-order valence-corrected chi connectivity index (χ1v) is 6.89. The van der Waals surface area contributed by atoms with Crippen LogP contribution in [0.4, 0.5) is 0 Å². The van der Waals surface area contributed by atoms with Gasteiger partial charge in [0.1, 0.15) is 0 Å². The Morgan fingerprint density at radius 3 is 2.15 bits per heavy atom. The molecular formula is C20H14. The minimum absolute atomic E-state index is 1.29. The van der Waals surface area contributed by atoms with Gasteiger partial charge in [-0.1, -0.05) is 84.9 Å². The molecule has 0 N–H and O–H groups in total. The summed E-state index contributed by atoms with van der Waals surface area (Å²) in [6, 6.07) is 30.2. The molecule has 0 aromatic heterocycles. The molecule has 0 atom stereocenters. The molecule has 0 heteroatoms. The third-order valence-electron chi connectivity index (χ3n) is 3.87. The van der Waals surface area contributed by atoms with Crippen molar-refractivity contribution in [2.45, 2.75) is 0 Å². The highest BCUT2D eigenvalue weighted by molar-refractivity contribution is 6.01. The summed E-state index contributed by atoms with van der Waals surface area (Å²) < 4.78 is 0. The van der Waals surface area contributed by atoms with Gasteiger partial charge in [0.25, 0.3) is 0 Å². The summed E-state index contributed by atoms with van der Waals surface area (Å²) in [6.07, 6.45) is 0. The van der Waals surface area contributed by atoms with Crippen molar-refractivity contribution < 1.29 is 0 Å². The number of hydrogen-bond donors (Lipinski definition) is 0. The van der Waals surface area contributed by atoms with Crippen LogP contribution in [0, 0.1) is 0 Å². The van der Waals surface area contributed by atoms with E-state index in [2.05, 4.69) is 84.9 Å². The van der Waals surface area contributed by atoms with Gasteiger partial charge in [-0.15, -0.1) is 0 Å². The lowest BCUT2D eigenvalue weighted by Crippen LogP contribution is -1.80. The number of hydrogen-bond acceptors (Lipinski definition) is 0. The normalized spacial score (nSPS) is 11.0. The minimum Gasteiger partial charge on any atom is -0.0622 e. The lowest BCUT2D eigenvalue weighted by Gasteiger charge is -2.07. The van der Waals surface area contributed by atoms with Gasteiger partial charge in [-0.2, -0.15) is 0 Å². The van der Waals surface area contributed by atoms with Crippen LogP contribution >= 0.6 is 0 Å². The molecule has 2 aliphatic rings. The highest BCUT2D eigenvalue weighted by Gasteiger charge is 2.11. The number of fused-ring (bicyclic) bond motifs is 2. The third kappa shape index (κ3) is 1.70. The third-order valence-corrected chi connectivity index (χ3v) is 3.87. The van der Waals surface area contributed by atoms with Crippen LogP contribution in [0.3, 0.4) is 0 Å². The molecule has 4 rings (SSSR count). The van der Waals surface area contributed by atoms with E-state index in [1.54, 1.807) is 0 Å². The maximum absolute atomic E-state index is 2.23. The molecular weight excluding hydrogens is 240 g/mol. The van der Waals surface area contributed by atoms with Crippen LogP contribution in [0.5, 0.6) is 0 Å². The van der Waals surface area contributed by atoms with E-state index in [9.17, 15) is 0 Å². The number of benzene rings is 2. The Morgan fingerprint density at radius 1 is 0.400 bits per heavy atom. The Kier molecular flexibility index (Phi) is 2.53. The molecule has 0 nitrogen and oxygen atoms in total. The van der Waals surface area contributed by atoms with Gasteiger partial charge in [0, 0.05) is 0 Å². The van der Waals surface area contributed by atoms with E-state index in [1.165, 1.54) is 33.0 Å². The Labute approximate surface area is 118 Å². The van der Waals surface area contributed by atoms with Crippen molar-refractivity contribution in [1.29, 1.82) is 0 Å². The van der Waals surface area contributed by atoms with Gasteiger partial charge in [0.15, 0.2) is 0 Å². The van der Waals surface area contributed by atoms with E-state index in [0.717, 1.165) is 0 Å². The fourth-order valence-corrected chi connectivity index (χ4v) is 2.91. The average Bonchev–Trinajstić information content (AvgIpc) is 2.75.